The first-order chi connectivity index (χ1) is 6.97. The van der Waals surface area contributed by atoms with E-state index in [1.54, 1.807) is 6.07 Å². The van der Waals surface area contributed by atoms with E-state index in [-0.39, 0.29) is 11.1 Å². The van der Waals surface area contributed by atoms with E-state index in [2.05, 4.69) is 0 Å². The molecule has 0 unspecified atom stereocenters. The summed E-state index contributed by atoms with van der Waals surface area (Å²) in [6, 6.07) is 3.71. The molecule has 6 nitrogen and oxygen atoms in total. The summed E-state index contributed by atoms with van der Waals surface area (Å²) in [6.07, 6.45) is 0. The minimum absolute atomic E-state index is 0.0373. The maximum Gasteiger partial charge on any atom is 0.312 e. The maximum absolute atomic E-state index is 11.0. The Bertz CT molecular complexity index is 452. The number of hydrogen-bond acceptors (Lipinski definition) is 5. The number of nitro groups is 1. The first-order valence-electron chi connectivity index (χ1n) is 3.89. The van der Waals surface area contributed by atoms with E-state index in [4.69, 9.17) is 5.26 Å². The van der Waals surface area contributed by atoms with Crippen LogP contribution in [-0.4, -0.2) is 15.8 Å². The molecule has 0 radical (unpaired) electrons. The molecule has 0 aliphatic heterocycles. The van der Waals surface area contributed by atoms with Crippen LogP contribution in [0.2, 0.25) is 0 Å². The van der Waals surface area contributed by atoms with Gasteiger partial charge in [0.25, 0.3) is 0 Å². The molecule has 76 valence electrons. The largest absolute Gasteiger partial charge is 0.502 e. The monoisotopic (exact) mass is 206 g/mol. The first-order valence-corrected chi connectivity index (χ1v) is 3.89. The van der Waals surface area contributed by atoms with Crippen molar-refractivity contribution in [3.05, 3.63) is 33.4 Å². The third-order valence-corrected chi connectivity index (χ3v) is 1.79. The molecule has 1 aromatic rings. The average molecular weight is 206 g/mol. The van der Waals surface area contributed by atoms with Gasteiger partial charge in [0.05, 0.1) is 22.1 Å². The number of nitro benzene ring substituents is 1. The van der Waals surface area contributed by atoms with E-state index >= 15 is 0 Å². The van der Waals surface area contributed by atoms with Gasteiger partial charge >= 0.3 is 5.69 Å². The van der Waals surface area contributed by atoms with Crippen LogP contribution in [0.3, 0.4) is 0 Å². The van der Waals surface area contributed by atoms with E-state index in [1.165, 1.54) is 0 Å². The molecule has 0 saturated heterocycles. The summed E-state index contributed by atoms with van der Waals surface area (Å²) in [5, 5.41) is 28.4. The fraction of sp³-hybridized carbons (Fsp3) is 0.111. The summed E-state index contributed by atoms with van der Waals surface area (Å²) in [4.78, 5) is 20.7. The van der Waals surface area contributed by atoms with Gasteiger partial charge in [-0.2, -0.15) is 5.26 Å². The summed E-state index contributed by atoms with van der Waals surface area (Å²) < 4.78 is 0. The number of carbonyl (C=O) groups is 1. The highest BCUT2D eigenvalue weighted by Crippen LogP contribution is 2.31. The zero-order valence-corrected chi connectivity index (χ0v) is 7.72. The van der Waals surface area contributed by atoms with Crippen LogP contribution in [0.5, 0.6) is 5.75 Å². The number of hydrogen-bond donors (Lipinski definition) is 1. The maximum atomic E-state index is 11.0. The molecule has 0 saturated carbocycles. The smallest absolute Gasteiger partial charge is 0.312 e. The standard InChI is InChI=1S/C9H6N2O4/c1-5(12)7-2-6(4-10)3-8(9(7)13)11(14)15/h2-3,13H,1H3. The number of phenolic OH excluding ortho intramolecular Hbond substituents is 1. The Balaban J connectivity index is 3.56. The molecule has 15 heavy (non-hydrogen) atoms. The molecule has 0 aliphatic carbocycles. The van der Waals surface area contributed by atoms with E-state index in [9.17, 15) is 20.0 Å². The summed E-state index contributed by atoms with van der Waals surface area (Å²) in [6.45, 7) is 1.15. The van der Waals surface area contributed by atoms with Gasteiger partial charge < -0.3 is 5.11 Å². The van der Waals surface area contributed by atoms with Gasteiger partial charge in [0.15, 0.2) is 5.78 Å². The van der Waals surface area contributed by atoms with Crippen molar-refractivity contribution in [3.63, 3.8) is 0 Å². The lowest BCUT2D eigenvalue weighted by molar-refractivity contribution is -0.385. The molecular weight excluding hydrogens is 200 g/mol. The summed E-state index contributed by atoms with van der Waals surface area (Å²) in [7, 11) is 0. The van der Waals surface area contributed by atoms with Gasteiger partial charge in [0.1, 0.15) is 0 Å². The quantitative estimate of drug-likeness (QED) is 0.447. The van der Waals surface area contributed by atoms with Gasteiger partial charge in [-0.15, -0.1) is 0 Å². The number of nitriles is 1. The molecule has 0 spiro atoms. The van der Waals surface area contributed by atoms with Crippen molar-refractivity contribution >= 4 is 11.5 Å². The highest BCUT2D eigenvalue weighted by molar-refractivity contribution is 5.98. The number of ketones is 1. The third kappa shape index (κ3) is 1.91. The SMILES string of the molecule is CC(=O)c1cc(C#N)cc([N+](=O)[O-])c1O. The van der Waals surface area contributed by atoms with Crippen LogP contribution in [0.25, 0.3) is 0 Å². The number of aromatic hydroxyl groups is 1. The second-order valence-electron chi connectivity index (χ2n) is 2.82. The van der Waals surface area contributed by atoms with Gasteiger partial charge in [-0.05, 0) is 13.0 Å². The number of benzene rings is 1. The predicted octanol–water partition coefficient (Wildman–Crippen LogP) is 1.37. The average Bonchev–Trinajstić information content (AvgIpc) is 2.17. The van der Waals surface area contributed by atoms with Crippen LogP contribution < -0.4 is 0 Å². The van der Waals surface area contributed by atoms with Crippen molar-refractivity contribution in [2.24, 2.45) is 0 Å². The van der Waals surface area contributed by atoms with E-state index in [1.807, 2.05) is 0 Å². The zero-order chi connectivity index (χ0) is 11.6. The van der Waals surface area contributed by atoms with E-state index in [0.717, 1.165) is 19.1 Å². The molecule has 1 N–H and O–H groups in total. The molecule has 0 aromatic heterocycles. The first kappa shape index (κ1) is 10.7. The Labute approximate surface area is 84.5 Å². The number of rotatable bonds is 2. The second kappa shape index (κ2) is 3.75. The highest BCUT2D eigenvalue weighted by atomic mass is 16.6. The molecule has 1 rings (SSSR count). The molecular formula is C9H6N2O4. The number of nitrogens with zero attached hydrogens (tertiary/aromatic N) is 2. The van der Waals surface area contributed by atoms with Gasteiger partial charge in [0, 0.05) is 6.07 Å². The lowest BCUT2D eigenvalue weighted by Crippen LogP contribution is -1.98. The highest BCUT2D eigenvalue weighted by Gasteiger charge is 2.21. The van der Waals surface area contributed by atoms with Crippen LogP contribution >= 0.6 is 0 Å². The fourth-order valence-electron chi connectivity index (χ4n) is 1.09. The normalized spacial score (nSPS) is 9.33. The number of Topliss-reactive ketones (excluding diaryl/α,β-unsaturated/α-hetero) is 1. The van der Waals surface area contributed by atoms with Gasteiger partial charge in [-0.25, -0.2) is 0 Å². The van der Waals surface area contributed by atoms with Crippen molar-refractivity contribution in [1.82, 2.24) is 0 Å². The van der Waals surface area contributed by atoms with Gasteiger partial charge in [-0.3, -0.25) is 14.9 Å². The van der Waals surface area contributed by atoms with Crippen LogP contribution in [0.15, 0.2) is 12.1 Å². The lowest BCUT2D eigenvalue weighted by atomic mass is 10.1. The van der Waals surface area contributed by atoms with E-state index < -0.39 is 22.1 Å². The summed E-state index contributed by atoms with van der Waals surface area (Å²) in [5.41, 5.74) is -0.898. The molecule has 0 atom stereocenters. The Morgan fingerprint density at radius 1 is 1.60 bits per heavy atom. The van der Waals surface area contributed by atoms with Crippen molar-refractivity contribution < 1.29 is 14.8 Å². The van der Waals surface area contributed by atoms with E-state index in [0.29, 0.717) is 0 Å². The Morgan fingerprint density at radius 3 is 2.60 bits per heavy atom. The zero-order valence-electron chi connectivity index (χ0n) is 7.72. The summed E-state index contributed by atoms with van der Waals surface area (Å²) in [5.74, 6) is -1.24. The predicted molar refractivity (Wildman–Crippen MR) is 49.5 cm³/mol. The van der Waals surface area contributed by atoms with Crippen molar-refractivity contribution in [1.29, 1.82) is 5.26 Å². The van der Waals surface area contributed by atoms with Crippen LogP contribution in [-0.2, 0) is 0 Å². The molecule has 0 heterocycles. The minimum atomic E-state index is -0.845. The molecule has 6 heteroatoms. The Hall–Kier alpha value is -2.42. The molecule has 0 amide bonds. The lowest BCUT2D eigenvalue weighted by Gasteiger charge is -2.01. The fourth-order valence-corrected chi connectivity index (χ4v) is 1.09. The van der Waals surface area contributed by atoms with Crippen molar-refractivity contribution in [2.45, 2.75) is 6.92 Å². The van der Waals surface area contributed by atoms with Gasteiger partial charge in [-0.1, -0.05) is 0 Å². The van der Waals surface area contributed by atoms with Crippen molar-refractivity contribution in [3.8, 4) is 11.8 Å². The molecule has 1 aromatic carbocycles. The van der Waals surface area contributed by atoms with Crippen LogP contribution in [0.1, 0.15) is 22.8 Å². The topological polar surface area (TPSA) is 104 Å². The number of carbonyl (C=O) groups excluding carboxylic acids is 1. The molecule has 0 aliphatic rings. The van der Waals surface area contributed by atoms with Gasteiger partial charge in [0.2, 0.25) is 5.75 Å². The Kier molecular flexibility index (Phi) is 2.67. The Morgan fingerprint density at radius 2 is 2.20 bits per heavy atom. The van der Waals surface area contributed by atoms with Crippen LogP contribution in [0, 0.1) is 21.4 Å². The van der Waals surface area contributed by atoms with Crippen molar-refractivity contribution in [2.75, 3.05) is 0 Å². The molecule has 0 bridgehead atoms. The summed E-state index contributed by atoms with van der Waals surface area (Å²) >= 11 is 0. The molecule has 0 fully saturated rings. The number of phenols is 1. The third-order valence-electron chi connectivity index (χ3n) is 1.79. The van der Waals surface area contributed by atoms with Crippen LogP contribution in [0.4, 0.5) is 5.69 Å². The second-order valence-corrected chi connectivity index (χ2v) is 2.82. The minimum Gasteiger partial charge on any atom is -0.502 e.